The van der Waals surface area contributed by atoms with Crippen molar-refractivity contribution in [2.24, 2.45) is 0 Å². The number of amides is 2. The van der Waals surface area contributed by atoms with E-state index in [1.54, 1.807) is 36.0 Å². The standard InChI is InChI=1S/C17H24N2O5S/c1-4-24-13-7-5-12(6-8-13)16(21)18-11-15(20)19-14(9-10-25-3)17(22)23-2/h5-8,14H,4,9-11H2,1-3H3,(H,18,21)(H,19,20)/t14-/m1/s1. The molecule has 8 heteroatoms. The van der Waals surface area contributed by atoms with Crippen molar-refractivity contribution in [2.45, 2.75) is 19.4 Å². The van der Waals surface area contributed by atoms with Gasteiger partial charge in [-0.25, -0.2) is 4.79 Å². The van der Waals surface area contributed by atoms with Crippen LogP contribution in [0.4, 0.5) is 0 Å². The van der Waals surface area contributed by atoms with Gasteiger partial charge in [0, 0.05) is 5.56 Å². The number of carbonyl (C=O) groups is 3. The molecule has 1 rings (SSSR count). The van der Waals surface area contributed by atoms with E-state index < -0.39 is 17.9 Å². The fourth-order valence-corrected chi connectivity index (χ4v) is 2.48. The molecule has 0 saturated heterocycles. The van der Waals surface area contributed by atoms with E-state index in [0.29, 0.717) is 30.1 Å². The molecule has 0 spiro atoms. The van der Waals surface area contributed by atoms with Crippen molar-refractivity contribution in [1.82, 2.24) is 10.6 Å². The summed E-state index contributed by atoms with van der Waals surface area (Å²) in [6.07, 6.45) is 2.37. The highest BCUT2D eigenvalue weighted by molar-refractivity contribution is 7.98. The molecular formula is C17H24N2O5S. The van der Waals surface area contributed by atoms with Crippen LogP contribution in [-0.2, 0) is 14.3 Å². The lowest BCUT2D eigenvalue weighted by atomic mass is 10.2. The van der Waals surface area contributed by atoms with Gasteiger partial charge in [0.05, 0.1) is 20.3 Å². The molecule has 0 aromatic heterocycles. The molecule has 2 amide bonds. The Bertz CT molecular complexity index is 577. The van der Waals surface area contributed by atoms with Gasteiger partial charge in [0.2, 0.25) is 5.91 Å². The number of hydrogen-bond acceptors (Lipinski definition) is 6. The zero-order chi connectivity index (χ0) is 18.7. The van der Waals surface area contributed by atoms with Crippen LogP contribution in [0.15, 0.2) is 24.3 Å². The van der Waals surface area contributed by atoms with Gasteiger partial charge in [-0.2, -0.15) is 11.8 Å². The molecule has 1 atom stereocenters. The maximum Gasteiger partial charge on any atom is 0.328 e. The second-order valence-corrected chi connectivity index (χ2v) is 6.05. The molecule has 0 unspecified atom stereocenters. The summed E-state index contributed by atoms with van der Waals surface area (Å²) in [7, 11) is 1.27. The predicted molar refractivity (Wildman–Crippen MR) is 96.9 cm³/mol. The van der Waals surface area contributed by atoms with Crippen LogP contribution in [0.5, 0.6) is 5.75 Å². The van der Waals surface area contributed by atoms with E-state index in [2.05, 4.69) is 15.4 Å². The van der Waals surface area contributed by atoms with Crippen LogP contribution >= 0.6 is 11.8 Å². The van der Waals surface area contributed by atoms with Gasteiger partial charge in [0.15, 0.2) is 0 Å². The average molecular weight is 368 g/mol. The fraction of sp³-hybridized carbons (Fsp3) is 0.471. The second kappa shape index (κ2) is 11.4. The Morgan fingerprint density at radius 2 is 1.88 bits per heavy atom. The molecule has 0 aliphatic heterocycles. The highest BCUT2D eigenvalue weighted by Crippen LogP contribution is 2.11. The maximum absolute atomic E-state index is 12.0. The average Bonchev–Trinajstić information content (AvgIpc) is 2.63. The van der Waals surface area contributed by atoms with Gasteiger partial charge in [-0.3, -0.25) is 9.59 Å². The molecule has 0 heterocycles. The first-order valence-corrected chi connectivity index (χ1v) is 9.28. The minimum absolute atomic E-state index is 0.223. The first kappa shape index (κ1) is 20.8. The predicted octanol–water partition coefficient (Wildman–Crippen LogP) is 1.23. The molecule has 25 heavy (non-hydrogen) atoms. The largest absolute Gasteiger partial charge is 0.494 e. The highest BCUT2D eigenvalue weighted by Gasteiger charge is 2.21. The van der Waals surface area contributed by atoms with E-state index >= 15 is 0 Å². The van der Waals surface area contributed by atoms with Crippen molar-refractivity contribution < 1.29 is 23.9 Å². The van der Waals surface area contributed by atoms with Crippen molar-refractivity contribution in [1.29, 1.82) is 0 Å². The quantitative estimate of drug-likeness (QED) is 0.603. The summed E-state index contributed by atoms with van der Waals surface area (Å²) in [5.74, 6) is 0.0537. The lowest BCUT2D eigenvalue weighted by Gasteiger charge is -2.16. The van der Waals surface area contributed by atoms with Crippen LogP contribution in [-0.4, -0.2) is 56.1 Å². The smallest absolute Gasteiger partial charge is 0.328 e. The molecule has 1 aromatic rings. The number of hydrogen-bond donors (Lipinski definition) is 2. The van der Waals surface area contributed by atoms with Gasteiger partial charge < -0.3 is 20.1 Å². The minimum Gasteiger partial charge on any atom is -0.494 e. The molecule has 0 radical (unpaired) electrons. The number of rotatable bonds is 10. The first-order valence-electron chi connectivity index (χ1n) is 7.89. The minimum atomic E-state index is -0.715. The van der Waals surface area contributed by atoms with E-state index in [4.69, 9.17) is 4.74 Å². The zero-order valence-electron chi connectivity index (χ0n) is 14.7. The van der Waals surface area contributed by atoms with E-state index in [1.165, 1.54) is 7.11 Å². The molecule has 0 saturated carbocycles. The summed E-state index contributed by atoms with van der Waals surface area (Å²) in [5, 5.41) is 5.09. The molecule has 2 N–H and O–H groups in total. The zero-order valence-corrected chi connectivity index (χ0v) is 15.5. The SMILES string of the molecule is CCOc1ccc(C(=O)NCC(=O)N[C@H](CCSC)C(=O)OC)cc1. The summed E-state index contributed by atoms with van der Waals surface area (Å²) in [5.41, 5.74) is 0.420. The van der Waals surface area contributed by atoms with E-state index in [-0.39, 0.29) is 12.5 Å². The van der Waals surface area contributed by atoms with Gasteiger partial charge in [0.25, 0.3) is 5.91 Å². The number of ether oxygens (including phenoxy) is 2. The first-order chi connectivity index (χ1) is 12.0. The lowest BCUT2D eigenvalue weighted by Crippen LogP contribution is -2.46. The van der Waals surface area contributed by atoms with Crippen molar-refractivity contribution in [3.63, 3.8) is 0 Å². The molecule has 0 bridgehead atoms. The van der Waals surface area contributed by atoms with Crippen molar-refractivity contribution in [2.75, 3.05) is 32.3 Å². The van der Waals surface area contributed by atoms with Crippen molar-refractivity contribution >= 4 is 29.5 Å². The molecule has 7 nitrogen and oxygen atoms in total. The van der Waals surface area contributed by atoms with Crippen LogP contribution in [0.3, 0.4) is 0 Å². The summed E-state index contributed by atoms with van der Waals surface area (Å²) in [4.78, 5) is 35.6. The van der Waals surface area contributed by atoms with Gasteiger partial charge in [-0.1, -0.05) is 0 Å². The third-order valence-corrected chi connectivity index (χ3v) is 3.91. The Kier molecular flexibility index (Phi) is 9.46. The van der Waals surface area contributed by atoms with Gasteiger partial charge >= 0.3 is 5.97 Å². The van der Waals surface area contributed by atoms with Crippen LogP contribution in [0.1, 0.15) is 23.7 Å². The topological polar surface area (TPSA) is 93.7 Å². The lowest BCUT2D eigenvalue weighted by molar-refractivity contribution is -0.145. The maximum atomic E-state index is 12.0. The number of esters is 1. The summed E-state index contributed by atoms with van der Waals surface area (Å²) in [6.45, 7) is 2.20. The van der Waals surface area contributed by atoms with Gasteiger partial charge in [0.1, 0.15) is 11.8 Å². The van der Waals surface area contributed by atoms with E-state index in [9.17, 15) is 14.4 Å². The molecular weight excluding hydrogens is 344 g/mol. The Morgan fingerprint density at radius 1 is 1.20 bits per heavy atom. The Balaban J connectivity index is 2.50. The molecule has 0 aliphatic carbocycles. The molecule has 0 fully saturated rings. The van der Waals surface area contributed by atoms with Gasteiger partial charge in [-0.05, 0) is 49.6 Å². The van der Waals surface area contributed by atoms with E-state index in [0.717, 1.165) is 0 Å². The number of benzene rings is 1. The molecule has 138 valence electrons. The normalized spacial score (nSPS) is 11.3. The summed E-state index contributed by atoms with van der Waals surface area (Å²) in [6, 6.07) is 5.90. The van der Waals surface area contributed by atoms with Crippen LogP contribution in [0, 0.1) is 0 Å². The van der Waals surface area contributed by atoms with Crippen molar-refractivity contribution in [3.05, 3.63) is 29.8 Å². The fourth-order valence-electron chi connectivity index (χ4n) is 2.00. The van der Waals surface area contributed by atoms with Gasteiger partial charge in [-0.15, -0.1) is 0 Å². The number of methoxy groups -OCH3 is 1. The van der Waals surface area contributed by atoms with Crippen molar-refractivity contribution in [3.8, 4) is 5.75 Å². The summed E-state index contributed by atoms with van der Waals surface area (Å²) < 4.78 is 9.98. The van der Waals surface area contributed by atoms with Crippen LogP contribution < -0.4 is 15.4 Å². The van der Waals surface area contributed by atoms with Crippen LogP contribution in [0.25, 0.3) is 0 Å². The summed E-state index contributed by atoms with van der Waals surface area (Å²) >= 11 is 1.57. The number of thioether (sulfide) groups is 1. The Hall–Kier alpha value is -2.22. The number of carbonyl (C=O) groups excluding carboxylic acids is 3. The highest BCUT2D eigenvalue weighted by atomic mass is 32.2. The third-order valence-electron chi connectivity index (χ3n) is 3.27. The Morgan fingerprint density at radius 3 is 2.44 bits per heavy atom. The second-order valence-electron chi connectivity index (χ2n) is 5.06. The van der Waals surface area contributed by atoms with Crippen LogP contribution in [0.2, 0.25) is 0 Å². The molecule has 0 aliphatic rings. The monoisotopic (exact) mass is 368 g/mol. The third kappa shape index (κ3) is 7.47. The Labute approximate surface area is 151 Å². The molecule has 1 aromatic carbocycles. The van der Waals surface area contributed by atoms with E-state index in [1.807, 2.05) is 13.2 Å². The number of nitrogens with one attached hydrogen (secondary N) is 2.